The van der Waals surface area contributed by atoms with Crippen LogP contribution in [-0.4, -0.2) is 13.2 Å². The highest BCUT2D eigenvalue weighted by atomic mass is 79.9. The molecule has 1 aromatic rings. The molecule has 0 aliphatic heterocycles. The van der Waals surface area contributed by atoms with Crippen molar-refractivity contribution in [1.82, 2.24) is 0 Å². The van der Waals surface area contributed by atoms with E-state index >= 15 is 0 Å². The molecule has 0 bridgehead atoms. The van der Waals surface area contributed by atoms with Gasteiger partial charge in [-0.15, -0.1) is 0 Å². The first-order valence-corrected chi connectivity index (χ1v) is 6.52. The van der Waals surface area contributed by atoms with Crippen molar-refractivity contribution in [3.8, 4) is 0 Å². The minimum Gasteiger partial charge on any atom is -0.379 e. The standard InChI is InChI=1S/C11H15Br2NO/c1-2-5-15-7-11(14)9-4-3-8(12)6-10(9)13/h3-4,6,11H,2,5,7,14H2,1H3. The van der Waals surface area contributed by atoms with E-state index in [9.17, 15) is 0 Å². The summed E-state index contributed by atoms with van der Waals surface area (Å²) in [5, 5.41) is 0. The van der Waals surface area contributed by atoms with Crippen LogP contribution in [-0.2, 0) is 4.74 Å². The fourth-order valence-electron chi connectivity index (χ4n) is 1.25. The Kier molecular flexibility index (Phi) is 5.82. The van der Waals surface area contributed by atoms with Gasteiger partial charge in [0.15, 0.2) is 0 Å². The van der Waals surface area contributed by atoms with Crippen LogP contribution in [0.1, 0.15) is 24.9 Å². The van der Waals surface area contributed by atoms with Gasteiger partial charge in [-0.25, -0.2) is 0 Å². The van der Waals surface area contributed by atoms with Crippen molar-refractivity contribution in [3.63, 3.8) is 0 Å². The number of rotatable bonds is 5. The second kappa shape index (κ2) is 6.63. The molecule has 1 aromatic carbocycles. The second-order valence-electron chi connectivity index (χ2n) is 3.35. The van der Waals surface area contributed by atoms with Crippen LogP contribution >= 0.6 is 31.9 Å². The Labute approximate surface area is 107 Å². The Morgan fingerprint density at radius 3 is 2.73 bits per heavy atom. The van der Waals surface area contributed by atoms with Crippen LogP contribution in [0.5, 0.6) is 0 Å². The lowest BCUT2D eigenvalue weighted by Gasteiger charge is -2.14. The van der Waals surface area contributed by atoms with Gasteiger partial charge in [0.05, 0.1) is 12.6 Å². The zero-order chi connectivity index (χ0) is 11.3. The predicted molar refractivity (Wildman–Crippen MR) is 69.9 cm³/mol. The Hall–Kier alpha value is 0.1000. The van der Waals surface area contributed by atoms with Gasteiger partial charge in [-0.05, 0) is 24.1 Å². The monoisotopic (exact) mass is 335 g/mol. The minimum atomic E-state index is -0.0703. The fourth-order valence-corrected chi connectivity index (χ4v) is 2.59. The van der Waals surface area contributed by atoms with E-state index in [2.05, 4.69) is 38.8 Å². The third-order valence-corrected chi connectivity index (χ3v) is 3.19. The van der Waals surface area contributed by atoms with Gasteiger partial charge >= 0.3 is 0 Å². The summed E-state index contributed by atoms with van der Waals surface area (Å²) in [4.78, 5) is 0. The number of ether oxygens (including phenoxy) is 1. The summed E-state index contributed by atoms with van der Waals surface area (Å²) in [6.07, 6.45) is 1.02. The average molecular weight is 337 g/mol. The first-order valence-electron chi connectivity index (χ1n) is 4.93. The van der Waals surface area contributed by atoms with Crippen LogP contribution in [0.2, 0.25) is 0 Å². The largest absolute Gasteiger partial charge is 0.379 e. The molecule has 0 aliphatic carbocycles. The fraction of sp³-hybridized carbons (Fsp3) is 0.455. The molecule has 15 heavy (non-hydrogen) atoms. The molecule has 0 radical (unpaired) electrons. The van der Waals surface area contributed by atoms with E-state index in [0.717, 1.165) is 27.5 Å². The molecule has 4 heteroatoms. The van der Waals surface area contributed by atoms with E-state index in [-0.39, 0.29) is 6.04 Å². The summed E-state index contributed by atoms with van der Waals surface area (Å²) in [6.45, 7) is 3.41. The van der Waals surface area contributed by atoms with Gasteiger partial charge in [0.25, 0.3) is 0 Å². The smallest absolute Gasteiger partial charge is 0.0659 e. The molecule has 0 aromatic heterocycles. The Morgan fingerprint density at radius 1 is 1.40 bits per heavy atom. The van der Waals surface area contributed by atoms with E-state index in [1.807, 2.05) is 18.2 Å². The number of benzene rings is 1. The molecule has 0 aliphatic rings. The zero-order valence-corrected chi connectivity index (χ0v) is 11.8. The quantitative estimate of drug-likeness (QED) is 0.833. The Morgan fingerprint density at radius 2 is 2.13 bits per heavy atom. The molecule has 0 spiro atoms. The highest BCUT2D eigenvalue weighted by Crippen LogP contribution is 2.25. The van der Waals surface area contributed by atoms with Crippen molar-refractivity contribution < 1.29 is 4.74 Å². The minimum absolute atomic E-state index is 0.0703. The van der Waals surface area contributed by atoms with E-state index in [1.54, 1.807) is 0 Å². The van der Waals surface area contributed by atoms with Crippen LogP contribution in [0.3, 0.4) is 0 Å². The van der Waals surface area contributed by atoms with Gasteiger partial charge in [0.2, 0.25) is 0 Å². The number of nitrogens with two attached hydrogens (primary N) is 1. The molecular formula is C11H15Br2NO. The molecule has 1 unspecified atom stereocenters. The molecule has 0 amide bonds. The molecule has 0 heterocycles. The molecular weight excluding hydrogens is 322 g/mol. The molecule has 1 atom stereocenters. The van der Waals surface area contributed by atoms with E-state index in [4.69, 9.17) is 10.5 Å². The van der Waals surface area contributed by atoms with Gasteiger partial charge in [0.1, 0.15) is 0 Å². The van der Waals surface area contributed by atoms with Gasteiger partial charge in [0, 0.05) is 15.6 Å². The van der Waals surface area contributed by atoms with Crippen molar-refractivity contribution >= 4 is 31.9 Å². The lowest BCUT2D eigenvalue weighted by molar-refractivity contribution is 0.121. The predicted octanol–water partition coefficient (Wildman–Crippen LogP) is 3.64. The topological polar surface area (TPSA) is 35.2 Å². The number of halogens is 2. The van der Waals surface area contributed by atoms with E-state index in [1.165, 1.54) is 0 Å². The van der Waals surface area contributed by atoms with Gasteiger partial charge in [-0.1, -0.05) is 44.8 Å². The summed E-state index contributed by atoms with van der Waals surface area (Å²) < 4.78 is 7.49. The number of hydrogen-bond donors (Lipinski definition) is 1. The van der Waals surface area contributed by atoms with Gasteiger partial charge in [-0.3, -0.25) is 0 Å². The summed E-state index contributed by atoms with van der Waals surface area (Å²) in [7, 11) is 0. The maximum absolute atomic E-state index is 6.02. The van der Waals surface area contributed by atoms with Crippen LogP contribution < -0.4 is 5.73 Å². The van der Waals surface area contributed by atoms with E-state index < -0.39 is 0 Å². The maximum Gasteiger partial charge on any atom is 0.0659 e. The van der Waals surface area contributed by atoms with Crippen molar-refractivity contribution in [2.24, 2.45) is 5.73 Å². The average Bonchev–Trinajstić information content (AvgIpc) is 2.17. The van der Waals surface area contributed by atoms with Gasteiger partial charge in [-0.2, -0.15) is 0 Å². The van der Waals surface area contributed by atoms with Crippen LogP contribution in [0.4, 0.5) is 0 Å². The number of hydrogen-bond acceptors (Lipinski definition) is 2. The highest BCUT2D eigenvalue weighted by molar-refractivity contribution is 9.11. The summed E-state index contributed by atoms with van der Waals surface area (Å²) in [6, 6.07) is 5.92. The summed E-state index contributed by atoms with van der Waals surface area (Å²) in [5.74, 6) is 0. The van der Waals surface area contributed by atoms with E-state index in [0.29, 0.717) is 6.61 Å². The molecule has 0 saturated heterocycles. The third kappa shape index (κ3) is 4.23. The van der Waals surface area contributed by atoms with Crippen molar-refractivity contribution in [2.45, 2.75) is 19.4 Å². The third-order valence-electron chi connectivity index (χ3n) is 2.01. The Balaban J connectivity index is 2.61. The molecule has 2 nitrogen and oxygen atoms in total. The van der Waals surface area contributed by atoms with Crippen molar-refractivity contribution in [1.29, 1.82) is 0 Å². The molecule has 0 fully saturated rings. The molecule has 84 valence electrons. The van der Waals surface area contributed by atoms with Crippen LogP contribution in [0.25, 0.3) is 0 Å². The molecule has 2 N–H and O–H groups in total. The lowest BCUT2D eigenvalue weighted by atomic mass is 10.1. The summed E-state index contributed by atoms with van der Waals surface area (Å²) >= 11 is 6.90. The first-order chi connectivity index (χ1) is 7.15. The zero-order valence-electron chi connectivity index (χ0n) is 8.67. The summed E-state index contributed by atoms with van der Waals surface area (Å²) in [5.41, 5.74) is 7.09. The van der Waals surface area contributed by atoms with Gasteiger partial charge < -0.3 is 10.5 Å². The maximum atomic E-state index is 6.02. The normalized spacial score (nSPS) is 12.8. The van der Waals surface area contributed by atoms with Crippen molar-refractivity contribution in [2.75, 3.05) is 13.2 Å². The van der Waals surface area contributed by atoms with Crippen LogP contribution in [0.15, 0.2) is 27.1 Å². The molecule has 0 saturated carbocycles. The SMILES string of the molecule is CCCOCC(N)c1ccc(Br)cc1Br. The second-order valence-corrected chi connectivity index (χ2v) is 5.12. The first kappa shape index (κ1) is 13.2. The molecule has 1 rings (SSSR count). The lowest BCUT2D eigenvalue weighted by Crippen LogP contribution is -2.17. The van der Waals surface area contributed by atoms with Crippen molar-refractivity contribution in [3.05, 3.63) is 32.7 Å². The highest BCUT2D eigenvalue weighted by Gasteiger charge is 2.09. The van der Waals surface area contributed by atoms with Crippen LogP contribution in [0, 0.1) is 0 Å². The Bertz CT molecular complexity index is 317.